The van der Waals surface area contributed by atoms with E-state index in [-0.39, 0.29) is 12.4 Å². The van der Waals surface area contributed by atoms with Gasteiger partial charge in [-0.2, -0.15) is 0 Å². The van der Waals surface area contributed by atoms with Crippen molar-refractivity contribution in [2.45, 2.75) is 96.8 Å². The van der Waals surface area contributed by atoms with Gasteiger partial charge in [0, 0.05) is 17.8 Å². The molecule has 26 heavy (non-hydrogen) atoms. The highest BCUT2D eigenvalue weighted by Gasteiger charge is 1.95. The van der Waals surface area contributed by atoms with Crippen LogP contribution in [0, 0.1) is 0 Å². The molecule has 0 amide bonds. The van der Waals surface area contributed by atoms with Crippen LogP contribution in [0.2, 0.25) is 0 Å². The first kappa shape index (κ1) is 25.0. The summed E-state index contributed by atoms with van der Waals surface area (Å²) in [6.07, 6.45) is 20.5. The van der Waals surface area contributed by atoms with Gasteiger partial charge in [0.25, 0.3) is 0 Å². The van der Waals surface area contributed by atoms with Crippen LogP contribution in [-0.4, -0.2) is 12.8 Å². The van der Waals surface area contributed by atoms with Gasteiger partial charge in [0.1, 0.15) is 6.29 Å². The molecule has 1 rings (SSSR count). The van der Waals surface area contributed by atoms with Gasteiger partial charge >= 0.3 is 0 Å². The molecule has 1 aromatic carbocycles. The van der Waals surface area contributed by atoms with Crippen LogP contribution in [-0.2, 0) is 0 Å². The van der Waals surface area contributed by atoms with Gasteiger partial charge in [0.15, 0.2) is 0 Å². The summed E-state index contributed by atoms with van der Waals surface area (Å²) in [7, 11) is 0. The smallest absolute Gasteiger partial charge is 0.150 e. The third-order valence-corrected chi connectivity index (χ3v) is 4.91. The van der Waals surface area contributed by atoms with E-state index in [9.17, 15) is 4.79 Å². The van der Waals surface area contributed by atoms with Crippen LogP contribution in [0.25, 0.3) is 0 Å². The monoisotopic (exact) mass is 381 g/mol. The third kappa shape index (κ3) is 14.2. The van der Waals surface area contributed by atoms with Crippen LogP contribution in [0.4, 0.5) is 5.69 Å². The molecule has 150 valence electrons. The summed E-state index contributed by atoms with van der Waals surface area (Å²) in [5.41, 5.74) is 1.85. The Morgan fingerprint density at radius 2 is 1.12 bits per heavy atom. The fourth-order valence-corrected chi connectivity index (χ4v) is 3.23. The van der Waals surface area contributed by atoms with Crippen molar-refractivity contribution in [2.24, 2.45) is 0 Å². The second kappa shape index (κ2) is 18.8. The first-order chi connectivity index (χ1) is 12.4. The van der Waals surface area contributed by atoms with Crippen LogP contribution < -0.4 is 5.32 Å². The number of unbranched alkanes of at least 4 members (excludes halogenated alkanes) is 13. The SMILES string of the molecule is CCCCCCCCCCCCCCCCNc1ccc(C=O)cc1.Cl. The lowest BCUT2D eigenvalue weighted by atomic mass is 10.0. The zero-order chi connectivity index (χ0) is 18.0. The topological polar surface area (TPSA) is 29.1 Å². The highest BCUT2D eigenvalue weighted by Crippen LogP contribution is 2.13. The molecule has 3 heteroatoms. The second-order valence-corrected chi connectivity index (χ2v) is 7.26. The van der Waals surface area contributed by atoms with Crippen molar-refractivity contribution in [1.82, 2.24) is 0 Å². The van der Waals surface area contributed by atoms with E-state index in [0.717, 1.165) is 24.1 Å². The predicted octanol–water partition coefficient (Wildman–Crippen LogP) is 7.81. The van der Waals surface area contributed by atoms with Gasteiger partial charge in [-0.05, 0) is 30.7 Å². The fourth-order valence-electron chi connectivity index (χ4n) is 3.23. The zero-order valence-electron chi connectivity index (χ0n) is 16.8. The van der Waals surface area contributed by atoms with E-state index in [1.54, 1.807) is 0 Å². The minimum atomic E-state index is 0. The maximum absolute atomic E-state index is 10.6. The van der Waals surface area contributed by atoms with Crippen LogP contribution in [0.15, 0.2) is 24.3 Å². The predicted molar refractivity (Wildman–Crippen MR) is 118 cm³/mol. The zero-order valence-corrected chi connectivity index (χ0v) is 17.6. The van der Waals surface area contributed by atoms with Gasteiger partial charge in [-0.3, -0.25) is 4.79 Å². The largest absolute Gasteiger partial charge is 0.385 e. The molecule has 0 saturated carbocycles. The Kier molecular flexibility index (Phi) is 18.0. The number of rotatable bonds is 17. The highest BCUT2D eigenvalue weighted by atomic mass is 35.5. The summed E-state index contributed by atoms with van der Waals surface area (Å²) in [4.78, 5) is 10.6. The standard InChI is InChI=1S/C23H39NO.ClH/c1-2-3-4-5-6-7-8-9-10-11-12-13-14-15-20-24-23-18-16-22(21-25)17-19-23;/h16-19,21,24H,2-15,20H2,1H3;1H. The molecule has 2 nitrogen and oxygen atoms in total. The Morgan fingerprint density at radius 3 is 1.54 bits per heavy atom. The number of hydrogen-bond donors (Lipinski definition) is 1. The summed E-state index contributed by atoms with van der Waals surface area (Å²) in [5, 5.41) is 3.42. The van der Waals surface area contributed by atoms with Crippen molar-refractivity contribution in [1.29, 1.82) is 0 Å². The molecule has 0 aliphatic heterocycles. The van der Waals surface area contributed by atoms with E-state index in [2.05, 4.69) is 12.2 Å². The van der Waals surface area contributed by atoms with E-state index in [1.165, 1.54) is 89.9 Å². The van der Waals surface area contributed by atoms with Crippen LogP contribution in [0.3, 0.4) is 0 Å². The molecule has 0 saturated heterocycles. The van der Waals surface area contributed by atoms with Gasteiger partial charge in [-0.1, -0.05) is 90.4 Å². The van der Waals surface area contributed by atoms with Crippen molar-refractivity contribution < 1.29 is 4.79 Å². The molecule has 0 spiro atoms. The lowest BCUT2D eigenvalue weighted by Gasteiger charge is -2.06. The number of nitrogens with one attached hydrogen (secondary N) is 1. The molecule has 1 N–H and O–H groups in total. The summed E-state index contributed by atoms with van der Waals surface area (Å²) in [6, 6.07) is 7.68. The minimum absolute atomic E-state index is 0. The van der Waals surface area contributed by atoms with E-state index in [1.807, 2.05) is 24.3 Å². The number of carbonyl (C=O) groups is 1. The average molecular weight is 382 g/mol. The molecular formula is C23H40ClNO. The molecule has 0 unspecified atom stereocenters. The molecule has 0 bridgehead atoms. The van der Waals surface area contributed by atoms with E-state index >= 15 is 0 Å². The Hall–Kier alpha value is -1.02. The molecule has 0 heterocycles. The fraction of sp³-hybridized carbons (Fsp3) is 0.696. The maximum atomic E-state index is 10.6. The first-order valence-corrected chi connectivity index (χ1v) is 10.7. The number of aldehydes is 1. The van der Waals surface area contributed by atoms with Crippen LogP contribution >= 0.6 is 12.4 Å². The molecular weight excluding hydrogens is 342 g/mol. The number of hydrogen-bond acceptors (Lipinski definition) is 2. The number of anilines is 1. The summed E-state index contributed by atoms with van der Waals surface area (Å²) in [6.45, 7) is 3.31. The van der Waals surface area contributed by atoms with Crippen LogP contribution in [0.5, 0.6) is 0 Å². The van der Waals surface area contributed by atoms with Gasteiger partial charge in [-0.15, -0.1) is 12.4 Å². The van der Waals surface area contributed by atoms with Crippen molar-refractivity contribution in [2.75, 3.05) is 11.9 Å². The molecule has 0 radical (unpaired) electrons. The lowest BCUT2D eigenvalue weighted by molar-refractivity contribution is 0.112. The van der Waals surface area contributed by atoms with Gasteiger partial charge in [0.2, 0.25) is 0 Å². The highest BCUT2D eigenvalue weighted by molar-refractivity contribution is 5.85. The molecule has 1 aromatic rings. The van der Waals surface area contributed by atoms with Crippen molar-refractivity contribution in [3.05, 3.63) is 29.8 Å². The van der Waals surface area contributed by atoms with Crippen molar-refractivity contribution >= 4 is 24.4 Å². The van der Waals surface area contributed by atoms with Crippen molar-refractivity contribution in [3.8, 4) is 0 Å². The summed E-state index contributed by atoms with van der Waals surface area (Å²) < 4.78 is 0. The van der Waals surface area contributed by atoms with Crippen molar-refractivity contribution in [3.63, 3.8) is 0 Å². The Morgan fingerprint density at radius 1 is 0.692 bits per heavy atom. The minimum Gasteiger partial charge on any atom is -0.385 e. The Balaban J connectivity index is 0.00000625. The van der Waals surface area contributed by atoms with Gasteiger partial charge in [-0.25, -0.2) is 0 Å². The Labute approximate surface area is 167 Å². The normalized spacial score (nSPS) is 10.3. The first-order valence-electron chi connectivity index (χ1n) is 10.7. The van der Waals surface area contributed by atoms with Gasteiger partial charge in [0.05, 0.1) is 0 Å². The van der Waals surface area contributed by atoms with E-state index in [0.29, 0.717) is 0 Å². The van der Waals surface area contributed by atoms with E-state index < -0.39 is 0 Å². The van der Waals surface area contributed by atoms with Gasteiger partial charge < -0.3 is 5.32 Å². The number of carbonyl (C=O) groups excluding carboxylic acids is 1. The molecule has 0 atom stereocenters. The Bertz CT molecular complexity index is 419. The molecule has 0 aliphatic carbocycles. The molecule has 0 aliphatic rings. The van der Waals surface area contributed by atoms with E-state index in [4.69, 9.17) is 0 Å². The molecule has 0 fully saturated rings. The third-order valence-electron chi connectivity index (χ3n) is 4.91. The molecule has 0 aromatic heterocycles. The number of halogens is 1. The average Bonchev–Trinajstić information content (AvgIpc) is 2.65. The summed E-state index contributed by atoms with van der Waals surface area (Å²) >= 11 is 0. The maximum Gasteiger partial charge on any atom is 0.150 e. The van der Waals surface area contributed by atoms with Crippen LogP contribution in [0.1, 0.15) is 107 Å². The summed E-state index contributed by atoms with van der Waals surface area (Å²) in [5.74, 6) is 0. The second-order valence-electron chi connectivity index (χ2n) is 7.26. The lowest BCUT2D eigenvalue weighted by Crippen LogP contribution is -2.01. The quantitative estimate of drug-likeness (QED) is 0.220. The number of benzene rings is 1.